The summed E-state index contributed by atoms with van der Waals surface area (Å²) in [5.74, 6) is 0. The van der Waals surface area contributed by atoms with Gasteiger partial charge in [0.15, 0.2) is 0 Å². The van der Waals surface area contributed by atoms with Gasteiger partial charge in [0.1, 0.15) is 0 Å². The van der Waals surface area contributed by atoms with Crippen molar-refractivity contribution in [1.29, 1.82) is 0 Å². The summed E-state index contributed by atoms with van der Waals surface area (Å²) in [5.41, 5.74) is 0. The van der Waals surface area contributed by atoms with Gasteiger partial charge in [0.2, 0.25) is 10.1 Å². The monoisotopic (exact) mass is 254 g/mol. The predicted molar refractivity (Wildman–Crippen MR) is 56.5 cm³/mol. The molecule has 1 rings (SSSR count). The van der Waals surface area contributed by atoms with Gasteiger partial charge in [-0.05, 0) is 21.0 Å². The average Bonchev–Trinajstić information content (AvgIpc) is 2.49. The molecular formula is C8H13F3N4S. The number of alkyl halides is 3. The molecule has 1 N–H and O–H groups in total. The molecule has 1 atom stereocenters. The lowest BCUT2D eigenvalue weighted by Crippen LogP contribution is -2.29. The third kappa shape index (κ3) is 3.93. The van der Waals surface area contributed by atoms with Crippen molar-refractivity contribution >= 4 is 16.5 Å². The molecule has 1 unspecified atom stereocenters. The molecule has 0 saturated carbocycles. The number of hydrogen-bond acceptors (Lipinski definition) is 5. The number of aromatic nitrogens is 2. The second kappa shape index (κ2) is 4.96. The van der Waals surface area contributed by atoms with E-state index in [-0.39, 0.29) is 11.2 Å². The third-order valence-electron chi connectivity index (χ3n) is 1.68. The summed E-state index contributed by atoms with van der Waals surface area (Å²) in [6.07, 6.45) is -4.41. The van der Waals surface area contributed by atoms with E-state index in [4.69, 9.17) is 0 Å². The van der Waals surface area contributed by atoms with Crippen LogP contribution in [0.25, 0.3) is 0 Å². The van der Waals surface area contributed by atoms with Crippen LogP contribution in [0.15, 0.2) is 0 Å². The van der Waals surface area contributed by atoms with E-state index in [0.717, 1.165) is 0 Å². The molecule has 4 nitrogen and oxygen atoms in total. The number of halogens is 3. The van der Waals surface area contributed by atoms with Gasteiger partial charge in [0.25, 0.3) is 0 Å². The van der Waals surface area contributed by atoms with Crippen molar-refractivity contribution in [3.63, 3.8) is 0 Å². The van der Waals surface area contributed by atoms with Crippen molar-refractivity contribution in [2.75, 3.05) is 26.0 Å². The highest BCUT2D eigenvalue weighted by molar-refractivity contribution is 7.15. The number of anilines is 1. The second-order valence-corrected chi connectivity index (χ2v) is 4.70. The summed E-state index contributed by atoms with van der Waals surface area (Å²) >= 11 is 0.518. The molecule has 1 aromatic rings. The van der Waals surface area contributed by atoms with Crippen molar-refractivity contribution in [2.45, 2.75) is 19.1 Å². The molecule has 0 aromatic carbocycles. The lowest BCUT2D eigenvalue weighted by molar-refractivity contribution is -0.138. The number of nitrogens with one attached hydrogen (secondary N) is 1. The van der Waals surface area contributed by atoms with Gasteiger partial charge in [0, 0.05) is 12.6 Å². The molecule has 0 fully saturated rings. The van der Waals surface area contributed by atoms with Crippen molar-refractivity contribution < 1.29 is 13.2 Å². The molecule has 0 saturated heterocycles. The Morgan fingerprint density at radius 1 is 1.38 bits per heavy atom. The third-order valence-corrected chi connectivity index (χ3v) is 2.58. The minimum Gasteiger partial charge on any atom is -0.356 e. The molecule has 0 aliphatic rings. The number of nitrogens with zero attached hydrogens (tertiary/aromatic N) is 3. The highest BCUT2D eigenvalue weighted by atomic mass is 32.1. The zero-order valence-electron chi connectivity index (χ0n) is 9.17. The van der Waals surface area contributed by atoms with Gasteiger partial charge in [-0.3, -0.25) is 0 Å². The van der Waals surface area contributed by atoms with Crippen LogP contribution in [-0.4, -0.2) is 41.8 Å². The van der Waals surface area contributed by atoms with Gasteiger partial charge >= 0.3 is 6.18 Å². The van der Waals surface area contributed by atoms with E-state index in [1.807, 2.05) is 25.9 Å². The van der Waals surface area contributed by atoms with Crippen molar-refractivity contribution in [1.82, 2.24) is 15.1 Å². The molecule has 0 aliphatic carbocycles. The van der Waals surface area contributed by atoms with Crippen LogP contribution in [0.1, 0.15) is 11.9 Å². The summed E-state index contributed by atoms with van der Waals surface area (Å²) < 4.78 is 36.7. The first-order valence-electron chi connectivity index (χ1n) is 4.61. The maximum atomic E-state index is 12.2. The van der Waals surface area contributed by atoms with Crippen molar-refractivity contribution in [2.24, 2.45) is 0 Å². The van der Waals surface area contributed by atoms with E-state index in [0.29, 0.717) is 17.9 Å². The van der Waals surface area contributed by atoms with E-state index in [1.165, 1.54) is 0 Å². The van der Waals surface area contributed by atoms with Gasteiger partial charge in [-0.2, -0.15) is 13.2 Å². The predicted octanol–water partition coefficient (Wildman–Crippen LogP) is 1.92. The van der Waals surface area contributed by atoms with Crippen LogP contribution in [-0.2, 0) is 6.18 Å². The van der Waals surface area contributed by atoms with E-state index < -0.39 is 11.2 Å². The smallest absolute Gasteiger partial charge is 0.356 e. The second-order valence-electron chi connectivity index (χ2n) is 3.72. The fourth-order valence-corrected chi connectivity index (χ4v) is 1.92. The molecule has 0 amide bonds. The van der Waals surface area contributed by atoms with E-state index >= 15 is 0 Å². The van der Waals surface area contributed by atoms with Gasteiger partial charge in [-0.25, -0.2) is 0 Å². The average molecular weight is 254 g/mol. The molecule has 92 valence electrons. The molecular weight excluding hydrogens is 241 g/mol. The molecule has 0 radical (unpaired) electrons. The quantitative estimate of drug-likeness (QED) is 0.891. The summed E-state index contributed by atoms with van der Waals surface area (Å²) in [6.45, 7) is 2.58. The highest BCUT2D eigenvalue weighted by Crippen LogP contribution is 2.33. The standard InChI is InChI=1S/C8H13F3N4S/c1-5(4-15(2)3)12-7-14-13-6(16-7)8(9,10)11/h5H,4H2,1-3H3,(H,12,14). The SMILES string of the molecule is CC(CN(C)C)Nc1nnc(C(F)(F)F)s1. The van der Waals surface area contributed by atoms with Gasteiger partial charge < -0.3 is 10.2 Å². The maximum Gasteiger partial charge on any atom is 0.445 e. The Hall–Kier alpha value is -0.890. The number of rotatable bonds is 4. The van der Waals surface area contributed by atoms with Gasteiger partial charge in [0.05, 0.1) is 0 Å². The van der Waals surface area contributed by atoms with Crippen molar-refractivity contribution in [3.05, 3.63) is 5.01 Å². The summed E-state index contributed by atoms with van der Waals surface area (Å²) in [5, 5.41) is 8.68. The van der Waals surface area contributed by atoms with E-state index in [2.05, 4.69) is 15.5 Å². The molecule has 0 aliphatic heterocycles. The molecule has 8 heteroatoms. The minimum absolute atomic E-state index is 0.0176. The van der Waals surface area contributed by atoms with Crippen LogP contribution in [0.3, 0.4) is 0 Å². The van der Waals surface area contributed by atoms with Crippen molar-refractivity contribution in [3.8, 4) is 0 Å². The zero-order valence-corrected chi connectivity index (χ0v) is 9.98. The number of hydrogen-bond donors (Lipinski definition) is 1. The van der Waals surface area contributed by atoms with E-state index in [1.54, 1.807) is 0 Å². The molecule has 1 aromatic heterocycles. The lowest BCUT2D eigenvalue weighted by Gasteiger charge is -2.17. The topological polar surface area (TPSA) is 41.0 Å². The molecule has 0 spiro atoms. The Morgan fingerprint density at radius 3 is 2.44 bits per heavy atom. The van der Waals surface area contributed by atoms with Crippen LogP contribution in [0, 0.1) is 0 Å². The summed E-state index contributed by atoms with van der Waals surface area (Å²) in [7, 11) is 3.78. The Bertz CT molecular complexity index is 336. The Balaban J connectivity index is 2.59. The van der Waals surface area contributed by atoms with Crippen LogP contribution < -0.4 is 5.32 Å². The molecule has 1 heterocycles. The summed E-state index contributed by atoms with van der Waals surface area (Å²) in [4.78, 5) is 1.93. The van der Waals surface area contributed by atoms with Crippen LogP contribution in [0.5, 0.6) is 0 Å². The largest absolute Gasteiger partial charge is 0.445 e. The van der Waals surface area contributed by atoms with Crippen LogP contribution >= 0.6 is 11.3 Å². The molecule has 0 bridgehead atoms. The highest BCUT2D eigenvalue weighted by Gasteiger charge is 2.35. The Kier molecular flexibility index (Phi) is 4.09. The maximum absolute atomic E-state index is 12.2. The Labute approximate surface area is 95.5 Å². The Morgan fingerprint density at radius 2 is 2.00 bits per heavy atom. The number of likely N-dealkylation sites (N-methyl/N-ethyl adjacent to an activating group) is 1. The lowest BCUT2D eigenvalue weighted by atomic mass is 10.3. The first-order chi connectivity index (χ1) is 7.29. The van der Waals surface area contributed by atoms with Gasteiger partial charge in [-0.15, -0.1) is 10.2 Å². The first kappa shape index (κ1) is 13.2. The van der Waals surface area contributed by atoms with Crippen LogP contribution in [0.2, 0.25) is 0 Å². The fraction of sp³-hybridized carbons (Fsp3) is 0.750. The first-order valence-corrected chi connectivity index (χ1v) is 5.42. The minimum atomic E-state index is -4.41. The van der Waals surface area contributed by atoms with Gasteiger partial charge in [-0.1, -0.05) is 11.3 Å². The fourth-order valence-electron chi connectivity index (χ4n) is 1.20. The van der Waals surface area contributed by atoms with Crippen LogP contribution in [0.4, 0.5) is 18.3 Å². The zero-order chi connectivity index (χ0) is 12.3. The van der Waals surface area contributed by atoms with E-state index in [9.17, 15) is 13.2 Å². The normalized spacial score (nSPS) is 14.2. The molecule has 16 heavy (non-hydrogen) atoms. The summed E-state index contributed by atoms with van der Waals surface area (Å²) in [6, 6.07) is 0.0176.